The van der Waals surface area contributed by atoms with Crippen LogP contribution in [0.3, 0.4) is 0 Å². The third-order valence-electron chi connectivity index (χ3n) is 3.78. The average molecular weight is 277 g/mol. The number of rotatable bonds is 7. The van der Waals surface area contributed by atoms with Crippen LogP contribution in [-0.4, -0.2) is 44.0 Å². The zero-order valence-electron chi connectivity index (χ0n) is 13.3. The lowest BCUT2D eigenvalue weighted by atomic mass is 10.1. The molecular formula is C16H27N3O. The number of hydrogen-bond donors (Lipinski definition) is 2. The van der Waals surface area contributed by atoms with Crippen LogP contribution >= 0.6 is 0 Å². The van der Waals surface area contributed by atoms with E-state index in [4.69, 9.17) is 0 Å². The summed E-state index contributed by atoms with van der Waals surface area (Å²) in [5.74, 6) is -0.0214. The van der Waals surface area contributed by atoms with Gasteiger partial charge in [-0.3, -0.25) is 4.79 Å². The van der Waals surface area contributed by atoms with Gasteiger partial charge >= 0.3 is 0 Å². The van der Waals surface area contributed by atoms with Gasteiger partial charge in [-0.25, -0.2) is 0 Å². The number of carbonyl (C=O) groups excluding carboxylic acids is 1. The molecule has 4 heteroatoms. The van der Waals surface area contributed by atoms with Crippen molar-refractivity contribution >= 4 is 11.6 Å². The summed E-state index contributed by atoms with van der Waals surface area (Å²) in [6.07, 6.45) is 1.12. The molecular weight excluding hydrogens is 250 g/mol. The molecule has 0 aromatic heterocycles. The molecule has 1 aromatic rings. The molecule has 0 radical (unpaired) electrons. The van der Waals surface area contributed by atoms with Crippen LogP contribution in [0.2, 0.25) is 0 Å². The second-order valence-electron chi connectivity index (χ2n) is 5.29. The van der Waals surface area contributed by atoms with Gasteiger partial charge in [0.15, 0.2) is 0 Å². The molecule has 1 rings (SSSR count). The van der Waals surface area contributed by atoms with E-state index in [0.717, 1.165) is 24.2 Å². The molecule has 1 unspecified atom stereocenters. The van der Waals surface area contributed by atoms with Gasteiger partial charge < -0.3 is 15.5 Å². The Kier molecular flexibility index (Phi) is 6.52. The zero-order chi connectivity index (χ0) is 15.1. The van der Waals surface area contributed by atoms with Gasteiger partial charge in [-0.2, -0.15) is 0 Å². The predicted octanol–water partition coefficient (Wildman–Crippen LogP) is 2.50. The van der Waals surface area contributed by atoms with E-state index in [-0.39, 0.29) is 5.91 Å². The predicted molar refractivity (Wildman–Crippen MR) is 85.4 cm³/mol. The highest BCUT2D eigenvalue weighted by molar-refractivity contribution is 5.99. The Morgan fingerprint density at radius 2 is 2.10 bits per heavy atom. The highest BCUT2D eigenvalue weighted by atomic mass is 16.1. The van der Waals surface area contributed by atoms with Gasteiger partial charge in [-0.1, -0.05) is 13.0 Å². The van der Waals surface area contributed by atoms with E-state index < -0.39 is 0 Å². The number of amides is 1. The quantitative estimate of drug-likeness (QED) is 0.805. The number of anilines is 1. The lowest BCUT2D eigenvalue weighted by Gasteiger charge is -2.23. The molecule has 2 N–H and O–H groups in total. The molecule has 0 fully saturated rings. The Hall–Kier alpha value is -1.55. The van der Waals surface area contributed by atoms with Gasteiger partial charge in [0.25, 0.3) is 5.91 Å². The maximum atomic E-state index is 12.2. The fraction of sp³-hybridized carbons (Fsp3) is 0.562. The Balaban J connectivity index is 2.55. The third-order valence-corrected chi connectivity index (χ3v) is 3.78. The lowest BCUT2D eigenvalue weighted by molar-refractivity contribution is 0.0948. The summed E-state index contributed by atoms with van der Waals surface area (Å²) in [6, 6.07) is 6.36. The van der Waals surface area contributed by atoms with Crippen LogP contribution in [0.5, 0.6) is 0 Å². The van der Waals surface area contributed by atoms with Gasteiger partial charge in [0.2, 0.25) is 0 Å². The molecule has 0 heterocycles. The summed E-state index contributed by atoms with van der Waals surface area (Å²) in [7, 11) is 3.92. The van der Waals surface area contributed by atoms with Crippen molar-refractivity contribution in [1.29, 1.82) is 0 Å². The van der Waals surface area contributed by atoms with Crippen LogP contribution in [0.15, 0.2) is 18.2 Å². The Morgan fingerprint density at radius 3 is 2.70 bits per heavy atom. The molecule has 0 spiro atoms. The first-order valence-corrected chi connectivity index (χ1v) is 7.26. The topological polar surface area (TPSA) is 44.4 Å². The van der Waals surface area contributed by atoms with Crippen molar-refractivity contribution in [2.75, 3.05) is 32.5 Å². The fourth-order valence-electron chi connectivity index (χ4n) is 2.04. The molecule has 112 valence electrons. The molecule has 0 saturated carbocycles. The van der Waals surface area contributed by atoms with Crippen molar-refractivity contribution in [2.24, 2.45) is 0 Å². The first-order chi connectivity index (χ1) is 9.49. The number of hydrogen-bond acceptors (Lipinski definition) is 3. The first-order valence-electron chi connectivity index (χ1n) is 7.26. The van der Waals surface area contributed by atoms with Crippen LogP contribution < -0.4 is 10.6 Å². The van der Waals surface area contributed by atoms with Crippen LogP contribution in [0.4, 0.5) is 5.69 Å². The maximum Gasteiger partial charge on any atom is 0.253 e. The van der Waals surface area contributed by atoms with E-state index in [1.165, 1.54) is 0 Å². The van der Waals surface area contributed by atoms with Gasteiger partial charge in [-0.15, -0.1) is 0 Å². The third kappa shape index (κ3) is 4.53. The van der Waals surface area contributed by atoms with Gasteiger partial charge in [-0.05, 0) is 45.0 Å². The standard InChI is InChI=1S/C16H27N3O/c1-6-13(3)19(5)10-9-18-16(20)14-8-7-12(2)11-15(14)17-4/h7-8,11,13,17H,6,9-10H2,1-5H3,(H,18,20). The summed E-state index contributed by atoms with van der Waals surface area (Å²) in [5.41, 5.74) is 2.71. The monoisotopic (exact) mass is 277 g/mol. The van der Waals surface area contributed by atoms with Crippen molar-refractivity contribution in [3.63, 3.8) is 0 Å². The number of nitrogens with zero attached hydrogens (tertiary/aromatic N) is 1. The van der Waals surface area contributed by atoms with Gasteiger partial charge in [0.05, 0.1) is 5.56 Å². The zero-order valence-corrected chi connectivity index (χ0v) is 13.3. The molecule has 0 saturated heterocycles. The molecule has 0 bridgehead atoms. The van der Waals surface area contributed by atoms with Crippen molar-refractivity contribution in [3.8, 4) is 0 Å². The van der Waals surface area contributed by atoms with Crippen LogP contribution in [0.25, 0.3) is 0 Å². The summed E-state index contributed by atoms with van der Waals surface area (Å²) >= 11 is 0. The van der Waals surface area contributed by atoms with E-state index in [9.17, 15) is 4.79 Å². The van der Waals surface area contributed by atoms with E-state index in [1.54, 1.807) is 0 Å². The largest absolute Gasteiger partial charge is 0.387 e. The first kappa shape index (κ1) is 16.5. The van der Waals surface area contributed by atoms with E-state index in [1.807, 2.05) is 32.2 Å². The second kappa shape index (κ2) is 7.90. The maximum absolute atomic E-state index is 12.2. The highest BCUT2D eigenvalue weighted by Crippen LogP contribution is 2.16. The smallest absolute Gasteiger partial charge is 0.253 e. The van der Waals surface area contributed by atoms with Crippen molar-refractivity contribution in [1.82, 2.24) is 10.2 Å². The van der Waals surface area contributed by atoms with Crippen LogP contribution in [0, 0.1) is 6.92 Å². The minimum absolute atomic E-state index is 0.0214. The van der Waals surface area contributed by atoms with Crippen molar-refractivity contribution in [3.05, 3.63) is 29.3 Å². The Labute approximate surface area is 122 Å². The molecule has 20 heavy (non-hydrogen) atoms. The summed E-state index contributed by atoms with van der Waals surface area (Å²) in [6.45, 7) is 7.91. The fourth-order valence-corrected chi connectivity index (χ4v) is 2.04. The van der Waals surface area contributed by atoms with E-state index >= 15 is 0 Å². The number of benzene rings is 1. The normalized spacial score (nSPS) is 12.3. The highest BCUT2D eigenvalue weighted by Gasteiger charge is 2.11. The molecule has 4 nitrogen and oxygen atoms in total. The van der Waals surface area contributed by atoms with Crippen molar-refractivity contribution in [2.45, 2.75) is 33.2 Å². The lowest BCUT2D eigenvalue weighted by Crippen LogP contribution is -2.37. The molecule has 0 aliphatic carbocycles. The average Bonchev–Trinajstić information content (AvgIpc) is 2.45. The minimum Gasteiger partial charge on any atom is -0.387 e. The molecule has 0 aliphatic rings. The minimum atomic E-state index is -0.0214. The Morgan fingerprint density at radius 1 is 1.40 bits per heavy atom. The van der Waals surface area contributed by atoms with Crippen LogP contribution in [0.1, 0.15) is 36.2 Å². The Bertz CT molecular complexity index is 445. The second-order valence-corrected chi connectivity index (χ2v) is 5.29. The van der Waals surface area contributed by atoms with Gasteiger partial charge in [0, 0.05) is 31.9 Å². The molecule has 0 aliphatic heterocycles. The van der Waals surface area contributed by atoms with Crippen molar-refractivity contribution < 1.29 is 4.79 Å². The number of carbonyl (C=O) groups is 1. The SMILES string of the molecule is CCC(C)N(C)CCNC(=O)c1ccc(C)cc1NC. The molecule has 1 atom stereocenters. The summed E-state index contributed by atoms with van der Waals surface area (Å²) in [4.78, 5) is 14.4. The van der Waals surface area contributed by atoms with E-state index in [0.29, 0.717) is 18.2 Å². The number of nitrogens with one attached hydrogen (secondary N) is 2. The number of aryl methyl sites for hydroxylation is 1. The van der Waals surface area contributed by atoms with E-state index in [2.05, 4.69) is 36.4 Å². The number of likely N-dealkylation sites (N-methyl/N-ethyl adjacent to an activating group) is 1. The molecule has 1 amide bonds. The summed E-state index contributed by atoms with van der Waals surface area (Å²) in [5, 5.41) is 6.06. The van der Waals surface area contributed by atoms with Gasteiger partial charge in [0.1, 0.15) is 0 Å². The van der Waals surface area contributed by atoms with Crippen LogP contribution in [-0.2, 0) is 0 Å². The molecule has 1 aromatic carbocycles. The summed E-state index contributed by atoms with van der Waals surface area (Å²) < 4.78 is 0.